The molecule has 0 unspecified atom stereocenters. The Morgan fingerprint density at radius 1 is 1.30 bits per heavy atom. The van der Waals surface area contributed by atoms with E-state index in [1.54, 1.807) is 29.7 Å². The van der Waals surface area contributed by atoms with Gasteiger partial charge in [0.25, 0.3) is 11.8 Å². The number of pyridine rings is 2. The Kier molecular flexibility index (Phi) is 4.55. The zero-order valence-electron chi connectivity index (χ0n) is 14.6. The van der Waals surface area contributed by atoms with Crippen LogP contribution in [0.4, 0.5) is 0 Å². The second-order valence-corrected chi connectivity index (χ2v) is 6.42. The van der Waals surface area contributed by atoms with Gasteiger partial charge in [0.15, 0.2) is 17.3 Å². The van der Waals surface area contributed by atoms with Crippen LogP contribution in [0.1, 0.15) is 22.0 Å². The predicted octanol–water partition coefficient (Wildman–Crippen LogP) is 2.13. The fourth-order valence-electron chi connectivity index (χ4n) is 2.64. The summed E-state index contributed by atoms with van der Waals surface area (Å²) >= 11 is 1.42. The Bertz CT molecular complexity index is 1120. The smallest absolute Gasteiger partial charge is 0.261 e. The lowest BCUT2D eigenvalue weighted by molar-refractivity contribution is 0.0946. The van der Waals surface area contributed by atoms with E-state index in [1.807, 2.05) is 24.6 Å². The lowest BCUT2D eigenvalue weighted by Crippen LogP contribution is -2.24. The van der Waals surface area contributed by atoms with E-state index in [9.17, 15) is 4.79 Å². The van der Waals surface area contributed by atoms with Crippen molar-refractivity contribution in [2.45, 2.75) is 18.5 Å². The molecule has 27 heavy (non-hydrogen) atoms. The zero-order valence-corrected chi connectivity index (χ0v) is 15.4. The fourth-order valence-corrected chi connectivity index (χ4v) is 3.19. The highest BCUT2D eigenvalue weighted by molar-refractivity contribution is 7.98. The molecule has 4 heterocycles. The first-order chi connectivity index (χ1) is 13.2. The fraction of sp³-hybridized carbons (Fsp3) is 0.176. The molecule has 0 aliphatic rings. The van der Waals surface area contributed by atoms with Gasteiger partial charge in [-0.1, -0.05) is 5.16 Å². The molecule has 136 valence electrons. The molecule has 0 fully saturated rings. The maximum atomic E-state index is 12.5. The number of nitrogens with zero attached hydrogens (tertiary/aromatic N) is 6. The number of aromatic nitrogens is 6. The number of rotatable bonds is 5. The molecule has 0 atom stereocenters. The highest BCUT2D eigenvalue weighted by atomic mass is 32.2. The van der Waals surface area contributed by atoms with Crippen molar-refractivity contribution in [3.63, 3.8) is 0 Å². The minimum atomic E-state index is -0.215. The van der Waals surface area contributed by atoms with Crippen molar-refractivity contribution >= 4 is 23.3 Å². The van der Waals surface area contributed by atoms with Gasteiger partial charge in [0.1, 0.15) is 5.03 Å². The van der Waals surface area contributed by atoms with Gasteiger partial charge < -0.3 is 9.84 Å². The molecule has 4 rings (SSSR count). The lowest BCUT2D eigenvalue weighted by atomic mass is 10.2. The first kappa shape index (κ1) is 17.2. The Morgan fingerprint density at radius 3 is 2.96 bits per heavy atom. The van der Waals surface area contributed by atoms with E-state index in [4.69, 9.17) is 4.52 Å². The van der Waals surface area contributed by atoms with Gasteiger partial charge in [-0.3, -0.25) is 9.20 Å². The van der Waals surface area contributed by atoms with Crippen molar-refractivity contribution in [1.29, 1.82) is 0 Å². The molecule has 0 spiro atoms. The van der Waals surface area contributed by atoms with E-state index < -0.39 is 0 Å². The van der Waals surface area contributed by atoms with E-state index in [0.29, 0.717) is 39.3 Å². The molecule has 0 bridgehead atoms. The summed E-state index contributed by atoms with van der Waals surface area (Å²) in [6, 6.07) is 7.15. The highest BCUT2D eigenvalue weighted by Gasteiger charge is 2.16. The number of hydrogen-bond acceptors (Lipinski definition) is 8. The van der Waals surface area contributed by atoms with E-state index in [2.05, 4.69) is 30.6 Å². The van der Waals surface area contributed by atoms with Gasteiger partial charge in [-0.25, -0.2) is 4.98 Å². The van der Waals surface area contributed by atoms with Gasteiger partial charge in [-0.15, -0.1) is 22.0 Å². The van der Waals surface area contributed by atoms with Crippen LogP contribution in [-0.4, -0.2) is 41.9 Å². The maximum Gasteiger partial charge on any atom is 0.261 e. The summed E-state index contributed by atoms with van der Waals surface area (Å²) in [5.41, 5.74) is 1.79. The normalized spacial score (nSPS) is 11.0. The van der Waals surface area contributed by atoms with Crippen molar-refractivity contribution in [3.05, 3.63) is 53.9 Å². The highest BCUT2D eigenvalue weighted by Crippen LogP contribution is 2.22. The third kappa shape index (κ3) is 3.26. The van der Waals surface area contributed by atoms with Gasteiger partial charge in [-0.05, 0) is 37.4 Å². The quantitative estimate of drug-likeness (QED) is 0.523. The van der Waals surface area contributed by atoms with Gasteiger partial charge in [0.2, 0.25) is 0 Å². The van der Waals surface area contributed by atoms with E-state index in [-0.39, 0.29) is 12.5 Å². The van der Waals surface area contributed by atoms with Crippen LogP contribution in [0.25, 0.3) is 17.1 Å². The van der Waals surface area contributed by atoms with Gasteiger partial charge in [0, 0.05) is 12.4 Å². The molecule has 0 saturated carbocycles. The van der Waals surface area contributed by atoms with Crippen LogP contribution < -0.4 is 5.32 Å². The predicted molar refractivity (Wildman–Crippen MR) is 98.2 cm³/mol. The largest absolute Gasteiger partial charge is 0.345 e. The molecule has 1 amide bonds. The number of fused-ring (bicyclic) bond motifs is 1. The number of carbonyl (C=O) groups excluding carboxylic acids is 1. The summed E-state index contributed by atoms with van der Waals surface area (Å²) in [4.78, 5) is 20.9. The van der Waals surface area contributed by atoms with E-state index >= 15 is 0 Å². The topological polar surface area (TPSA) is 111 Å². The molecule has 0 aliphatic carbocycles. The molecule has 0 radical (unpaired) electrons. The van der Waals surface area contributed by atoms with Crippen LogP contribution in [0.2, 0.25) is 0 Å². The second-order valence-electron chi connectivity index (χ2n) is 5.62. The number of thioether (sulfide) groups is 1. The molecular weight excluding hydrogens is 366 g/mol. The van der Waals surface area contributed by atoms with Crippen LogP contribution in [0.5, 0.6) is 0 Å². The van der Waals surface area contributed by atoms with Crippen molar-refractivity contribution in [3.8, 4) is 11.5 Å². The Hall–Kier alpha value is -3.27. The summed E-state index contributed by atoms with van der Waals surface area (Å²) in [7, 11) is 0. The van der Waals surface area contributed by atoms with Crippen molar-refractivity contribution in [2.24, 2.45) is 0 Å². The molecule has 0 aliphatic heterocycles. The first-order valence-corrected chi connectivity index (χ1v) is 9.30. The van der Waals surface area contributed by atoms with Crippen LogP contribution in [0.3, 0.4) is 0 Å². The van der Waals surface area contributed by atoms with Crippen LogP contribution in [0.15, 0.2) is 46.2 Å². The molecular formula is C17H15N7O2S. The molecule has 4 aromatic rings. The SMILES string of the molecule is CSc1ncccc1C(=O)NCc1nnc2c(-c3nc(C)no3)cccn12. The third-order valence-corrected chi connectivity index (χ3v) is 4.59. The molecule has 10 heteroatoms. The van der Waals surface area contributed by atoms with Gasteiger partial charge >= 0.3 is 0 Å². The summed E-state index contributed by atoms with van der Waals surface area (Å²) in [6.07, 6.45) is 5.36. The molecule has 0 aromatic carbocycles. The number of nitrogens with one attached hydrogen (secondary N) is 1. The van der Waals surface area contributed by atoms with Crippen LogP contribution >= 0.6 is 11.8 Å². The van der Waals surface area contributed by atoms with Crippen molar-refractivity contribution < 1.29 is 9.32 Å². The molecule has 0 saturated heterocycles. The average Bonchev–Trinajstić information content (AvgIpc) is 3.32. The third-order valence-electron chi connectivity index (χ3n) is 3.88. The average molecular weight is 381 g/mol. The second kappa shape index (κ2) is 7.16. The Labute approximate surface area is 158 Å². The molecule has 4 aromatic heterocycles. The van der Waals surface area contributed by atoms with Crippen molar-refractivity contribution in [1.82, 2.24) is 35.0 Å². The monoisotopic (exact) mass is 381 g/mol. The molecule has 1 N–H and O–H groups in total. The Morgan fingerprint density at radius 2 is 2.19 bits per heavy atom. The lowest BCUT2D eigenvalue weighted by Gasteiger charge is -2.07. The summed E-state index contributed by atoms with van der Waals surface area (Å²) in [5, 5.41) is 15.7. The maximum absolute atomic E-state index is 12.5. The standard InChI is InChI=1S/C17H15N7O2S/c1-10-20-16(26-23-10)11-6-4-8-24-13(21-22-14(11)24)9-19-15(25)12-5-3-7-18-17(12)27-2/h3-8H,9H2,1-2H3,(H,19,25). The number of carbonyl (C=O) groups is 1. The molecule has 9 nitrogen and oxygen atoms in total. The summed E-state index contributed by atoms with van der Waals surface area (Å²) in [5.74, 6) is 1.29. The number of hydrogen-bond donors (Lipinski definition) is 1. The minimum absolute atomic E-state index is 0.215. The summed E-state index contributed by atoms with van der Waals surface area (Å²) in [6.45, 7) is 1.97. The van der Waals surface area contributed by atoms with E-state index in [1.165, 1.54) is 11.8 Å². The zero-order chi connectivity index (χ0) is 18.8. The van der Waals surface area contributed by atoms with E-state index in [0.717, 1.165) is 0 Å². The number of aryl methyl sites for hydroxylation is 1. The van der Waals surface area contributed by atoms with Crippen LogP contribution in [0, 0.1) is 6.92 Å². The van der Waals surface area contributed by atoms with Crippen LogP contribution in [-0.2, 0) is 6.54 Å². The first-order valence-electron chi connectivity index (χ1n) is 8.08. The number of amides is 1. The van der Waals surface area contributed by atoms with Crippen molar-refractivity contribution in [2.75, 3.05) is 6.26 Å². The summed E-state index contributed by atoms with van der Waals surface area (Å²) < 4.78 is 7.01. The Balaban J connectivity index is 1.59. The minimum Gasteiger partial charge on any atom is -0.345 e. The van der Waals surface area contributed by atoms with Gasteiger partial charge in [-0.2, -0.15) is 4.98 Å². The van der Waals surface area contributed by atoms with Gasteiger partial charge in [0.05, 0.1) is 17.7 Å².